The van der Waals surface area contributed by atoms with E-state index in [9.17, 15) is 0 Å². The molecule has 0 saturated carbocycles. The van der Waals surface area contributed by atoms with Crippen molar-refractivity contribution in [3.63, 3.8) is 0 Å². The first-order chi connectivity index (χ1) is 8.72. The zero-order chi connectivity index (χ0) is 12.5. The van der Waals surface area contributed by atoms with Gasteiger partial charge in [-0.15, -0.1) is 0 Å². The first kappa shape index (κ1) is 11.3. The van der Waals surface area contributed by atoms with E-state index in [2.05, 4.69) is 27.8 Å². The maximum atomic E-state index is 5.88. The summed E-state index contributed by atoms with van der Waals surface area (Å²) >= 11 is 5.88. The zero-order valence-electron chi connectivity index (χ0n) is 10.1. The number of hydrogen-bond acceptors (Lipinski definition) is 1. The van der Waals surface area contributed by atoms with Crippen LogP contribution in [0.4, 0.5) is 0 Å². The Bertz CT molecular complexity index is 683. The summed E-state index contributed by atoms with van der Waals surface area (Å²) in [6.45, 7) is 2.04. The van der Waals surface area contributed by atoms with E-state index >= 15 is 0 Å². The van der Waals surface area contributed by atoms with Crippen LogP contribution < -0.4 is 0 Å². The molecule has 0 unspecified atom stereocenters. The zero-order valence-corrected chi connectivity index (χ0v) is 10.9. The number of benzene rings is 1. The number of aryl methyl sites for hydroxylation is 1. The van der Waals surface area contributed by atoms with Crippen LogP contribution in [0.5, 0.6) is 0 Å². The van der Waals surface area contributed by atoms with Gasteiger partial charge in [0.25, 0.3) is 0 Å². The first-order valence-corrected chi connectivity index (χ1v) is 6.28. The van der Waals surface area contributed by atoms with Crippen molar-refractivity contribution >= 4 is 17.1 Å². The molecule has 2 nitrogen and oxygen atoms in total. The fourth-order valence-electron chi connectivity index (χ4n) is 2.17. The predicted octanol–water partition coefficient (Wildman–Crippen LogP) is 3.89. The minimum atomic E-state index is 0.767. The van der Waals surface area contributed by atoms with Crippen LogP contribution in [0.3, 0.4) is 0 Å². The van der Waals surface area contributed by atoms with E-state index in [1.54, 1.807) is 0 Å². The average molecular weight is 257 g/mol. The van der Waals surface area contributed by atoms with Gasteiger partial charge in [0, 0.05) is 23.8 Å². The Balaban J connectivity index is 1.97. The lowest BCUT2D eigenvalue weighted by Crippen LogP contribution is -1.98. The Morgan fingerprint density at radius 3 is 2.72 bits per heavy atom. The Morgan fingerprint density at radius 1 is 1.17 bits per heavy atom. The summed E-state index contributed by atoms with van der Waals surface area (Å²) in [5.74, 6) is 0. The van der Waals surface area contributed by atoms with Gasteiger partial charge in [-0.2, -0.15) is 0 Å². The molecule has 3 heteroatoms. The first-order valence-electron chi connectivity index (χ1n) is 5.90. The van der Waals surface area contributed by atoms with Gasteiger partial charge in [0.2, 0.25) is 0 Å². The highest BCUT2D eigenvalue weighted by Crippen LogP contribution is 2.15. The standard InChI is InChI=1S/C15H13ClN2/c1-11-15-3-2-8-18(15)10-14(17-11)9-12-4-6-13(16)7-5-12/h2-8,10H,9H2,1H3. The fourth-order valence-corrected chi connectivity index (χ4v) is 2.30. The number of hydrogen-bond donors (Lipinski definition) is 0. The van der Waals surface area contributed by atoms with Gasteiger partial charge in [-0.3, -0.25) is 4.98 Å². The van der Waals surface area contributed by atoms with E-state index in [0.29, 0.717) is 0 Å². The highest BCUT2D eigenvalue weighted by molar-refractivity contribution is 6.30. The second-order valence-corrected chi connectivity index (χ2v) is 4.86. The van der Waals surface area contributed by atoms with Gasteiger partial charge in [0.1, 0.15) is 0 Å². The molecule has 0 radical (unpaired) electrons. The van der Waals surface area contributed by atoms with Crippen molar-refractivity contribution in [2.24, 2.45) is 0 Å². The Kier molecular flexibility index (Phi) is 2.80. The number of rotatable bonds is 2. The van der Waals surface area contributed by atoms with Crippen LogP contribution in [0.15, 0.2) is 48.8 Å². The summed E-state index contributed by atoms with van der Waals surface area (Å²) in [5, 5.41) is 0.767. The van der Waals surface area contributed by atoms with Crippen LogP contribution in [0, 0.1) is 6.92 Å². The van der Waals surface area contributed by atoms with Crippen molar-refractivity contribution in [2.75, 3.05) is 0 Å². The predicted molar refractivity (Wildman–Crippen MR) is 74.2 cm³/mol. The summed E-state index contributed by atoms with van der Waals surface area (Å²) in [7, 11) is 0. The van der Waals surface area contributed by atoms with Crippen molar-refractivity contribution in [2.45, 2.75) is 13.3 Å². The van der Waals surface area contributed by atoms with Crippen LogP contribution in [-0.2, 0) is 6.42 Å². The number of nitrogens with zero attached hydrogens (tertiary/aromatic N) is 2. The maximum Gasteiger partial charge on any atom is 0.0664 e. The van der Waals surface area contributed by atoms with E-state index in [1.165, 1.54) is 5.56 Å². The van der Waals surface area contributed by atoms with Gasteiger partial charge < -0.3 is 4.40 Å². The molecule has 0 amide bonds. The third-order valence-electron chi connectivity index (χ3n) is 3.05. The second kappa shape index (κ2) is 4.46. The van der Waals surface area contributed by atoms with E-state index in [0.717, 1.165) is 28.3 Å². The van der Waals surface area contributed by atoms with Crippen molar-refractivity contribution in [3.05, 3.63) is 70.8 Å². The molecule has 0 bridgehead atoms. The van der Waals surface area contributed by atoms with E-state index < -0.39 is 0 Å². The summed E-state index contributed by atoms with van der Waals surface area (Å²) in [4.78, 5) is 4.64. The van der Waals surface area contributed by atoms with Crippen molar-refractivity contribution in [3.8, 4) is 0 Å². The summed E-state index contributed by atoms with van der Waals surface area (Å²) in [6.07, 6.45) is 4.96. The molecule has 2 heterocycles. The summed E-state index contributed by atoms with van der Waals surface area (Å²) in [6, 6.07) is 12.0. The normalized spacial score (nSPS) is 11.0. The molecule has 1 aromatic carbocycles. The minimum absolute atomic E-state index is 0.767. The molecule has 0 saturated heterocycles. The molecule has 0 aliphatic heterocycles. The number of aromatic nitrogens is 2. The maximum absolute atomic E-state index is 5.88. The summed E-state index contributed by atoms with van der Waals surface area (Å²) in [5.41, 5.74) is 4.51. The van der Waals surface area contributed by atoms with Gasteiger partial charge in [0.15, 0.2) is 0 Å². The summed E-state index contributed by atoms with van der Waals surface area (Å²) < 4.78 is 2.12. The van der Waals surface area contributed by atoms with Crippen LogP contribution >= 0.6 is 11.6 Å². The topological polar surface area (TPSA) is 17.3 Å². The average Bonchev–Trinajstić information content (AvgIpc) is 2.81. The quantitative estimate of drug-likeness (QED) is 0.680. The number of halogens is 1. The van der Waals surface area contributed by atoms with Gasteiger partial charge in [-0.25, -0.2) is 0 Å². The van der Waals surface area contributed by atoms with Gasteiger partial charge >= 0.3 is 0 Å². The molecule has 0 aliphatic rings. The Hall–Kier alpha value is -1.80. The lowest BCUT2D eigenvalue weighted by Gasteiger charge is -2.05. The third-order valence-corrected chi connectivity index (χ3v) is 3.30. The highest BCUT2D eigenvalue weighted by Gasteiger charge is 2.03. The molecule has 0 atom stereocenters. The van der Waals surface area contributed by atoms with Crippen molar-refractivity contribution < 1.29 is 0 Å². The minimum Gasteiger partial charge on any atom is -0.320 e. The molecule has 90 valence electrons. The Labute approximate surface area is 111 Å². The molecular formula is C15H13ClN2. The number of fused-ring (bicyclic) bond motifs is 1. The second-order valence-electron chi connectivity index (χ2n) is 4.42. The van der Waals surface area contributed by atoms with Crippen LogP contribution in [-0.4, -0.2) is 9.38 Å². The van der Waals surface area contributed by atoms with Crippen LogP contribution in [0.25, 0.3) is 5.52 Å². The van der Waals surface area contributed by atoms with Crippen molar-refractivity contribution in [1.82, 2.24) is 9.38 Å². The molecule has 0 N–H and O–H groups in total. The van der Waals surface area contributed by atoms with Gasteiger partial charge in [-0.05, 0) is 36.8 Å². The van der Waals surface area contributed by atoms with E-state index in [1.807, 2.05) is 37.3 Å². The largest absolute Gasteiger partial charge is 0.320 e. The van der Waals surface area contributed by atoms with E-state index in [-0.39, 0.29) is 0 Å². The Morgan fingerprint density at radius 2 is 1.94 bits per heavy atom. The molecule has 0 spiro atoms. The smallest absolute Gasteiger partial charge is 0.0664 e. The highest BCUT2D eigenvalue weighted by atomic mass is 35.5. The molecule has 2 aromatic heterocycles. The molecular weight excluding hydrogens is 244 g/mol. The van der Waals surface area contributed by atoms with Crippen LogP contribution in [0.1, 0.15) is 17.0 Å². The van der Waals surface area contributed by atoms with Gasteiger partial charge in [-0.1, -0.05) is 23.7 Å². The lowest BCUT2D eigenvalue weighted by molar-refractivity contribution is 0.983. The SMILES string of the molecule is Cc1nc(Cc2ccc(Cl)cc2)cn2cccc12. The molecule has 3 aromatic rings. The molecule has 0 aliphatic carbocycles. The van der Waals surface area contributed by atoms with Crippen LogP contribution in [0.2, 0.25) is 5.02 Å². The molecule has 3 rings (SSSR count). The lowest BCUT2D eigenvalue weighted by atomic mass is 10.1. The van der Waals surface area contributed by atoms with E-state index in [4.69, 9.17) is 11.6 Å². The fraction of sp³-hybridized carbons (Fsp3) is 0.133. The van der Waals surface area contributed by atoms with Gasteiger partial charge in [0.05, 0.1) is 16.9 Å². The third kappa shape index (κ3) is 2.12. The monoisotopic (exact) mass is 256 g/mol. The molecule has 0 fully saturated rings. The van der Waals surface area contributed by atoms with Crippen molar-refractivity contribution in [1.29, 1.82) is 0 Å². The molecule has 18 heavy (non-hydrogen) atoms.